The Morgan fingerprint density at radius 3 is 2.85 bits per heavy atom. The van der Waals surface area contributed by atoms with Crippen LogP contribution in [-0.4, -0.2) is 14.5 Å². The molecule has 0 N–H and O–H groups in total. The van der Waals surface area contributed by atoms with Gasteiger partial charge in [-0.25, -0.2) is 4.98 Å². The average Bonchev–Trinajstić information content (AvgIpc) is 2.63. The summed E-state index contributed by atoms with van der Waals surface area (Å²) in [5, 5.41) is 12.3. The van der Waals surface area contributed by atoms with Crippen LogP contribution >= 0.6 is 23.4 Å². The first kappa shape index (κ1) is 18.2. The zero-order valence-electron chi connectivity index (χ0n) is 13.6. The second kappa shape index (κ2) is 7.72. The van der Waals surface area contributed by atoms with Gasteiger partial charge in [-0.05, 0) is 23.8 Å². The van der Waals surface area contributed by atoms with Crippen molar-refractivity contribution in [2.45, 2.75) is 17.5 Å². The van der Waals surface area contributed by atoms with E-state index in [1.54, 1.807) is 36.4 Å². The Kier molecular flexibility index (Phi) is 5.39. The van der Waals surface area contributed by atoms with Crippen molar-refractivity contribution in [3.05, 3.63) is 86.2 Å². The number of rotatable bonds is 6. The van der Waals surface area contributed by atoms with Gasteiger partial charge in [0.05, 0.1) is 15.8 Å². The van der Waals surface area contributed by atoms with Crippen LogP contribution in [-0.2, 0) is 12.3 Å². The summed E-state index contributed by atoms with van der Waals surface area (Å²) in [4.78, 5) is 27.8. The summed E-state index contributed by atoms with van der Waals surface area (Å²) in [5.41, 5.74) is 1.17. The van der Waals surface area contributed by atoms with E-state index >= 15 is 0 Å². The van der Waals surface area contributed by atoms with E-state index in [1.165, 1.54) is 28.5 Å². The van der Waals surface area contributed by atoms with Gasteiger partial charge in [0.2, 0.25) is 0 Å². The SMILES string of the molecule is C=CCn1c(SCc2cccc([N+](=O)[O-])c2)nc2ccc(Cl)cc2c1=O. The molecule has 0 unspecified atom stereocenters. The minimum Gasteiger partial charge on any atom is -0.283 e. The lowest BCUT2D eigenvalue weighted by Crippen LogP contribution is -2.22. The third-order valence-electron chi connectivity index (χ3n) is 3.68. The Hall–Kier alpha value is -2.64. The molecule has 3 aromatic rings. The Morgan fingerprint density at radius 1 is 1.31 bits per heavy atom. The molecule has 3 rings (SSSR count). The highest BCUT2D eigenvalue weighted by molar-refractivity contribution is 7.98. The number of nitro benzene ring substituents is 1. The molecule has 8 heteroatoms. The zero-order chi connectivity index (χ0) is 18.7. The minimum absolute atomic E-state index is 0.0349. The number of hydrogen-bond donors (Lipinski definition) is 0. The molecule has 0 spiro atoms. The normalized spacial score (nSPS) is 10.8. The quantitative estimate of drug-likeness (QED) is 0.205. The van der Waals surface area contributed by atoms with Crippen LogP contribution in [0.25, 0.3) is 10.9 Å². The molecule has 0 saturated heterocycles. The fourth-order valence-corrected chi connectivity index (χ4v) is 3.60. The van der Waals surface area contributed by atoms with Crippen molar-refractivity contribution in [3.8, 4) is 0 Å². The van der Waals surface area contributed by atoms with Gasteiger partial charge in [0.1, 0.15) is 0 Å². The Morgan fingerprint density at radius 2 is 2.12 bits per heavy atom. The lowest BCUT2D eigenvalue weighted by molar-refractivity contribution is -0.384. The van der Waals surface area contributed by atoms with Crippen LogP contribution < -0.4 is 5.56 Å². The maximum absolute atomic E-state index is 12.8. The predicted octanol–water partition coefficient (Wildman–Crippen LogP) is 4.44. The number of nitro groups is 1. The van der Waals surface area contributed by atoms with Crippen LogP contribution in [0.1, 0.15) is 5.56 Å². The van der Waals surface area contributed by atoms with Crippen molar-refractivity contribution in [3.63, 3.8) is 0 Å². The number of nitrogens with zero attached hydrogens (tertiary/aromatic N) is 3. The highest BCUT2D eigenvalue weighted by Crippen LogP contribution is 2.25. The minimum atomic E-state index is -0.431. The molecule has 0 aliphatic rings. The van der Waals surface area contributed by atoms with Crippen molar-refractivity contribution in [1.29, 1.82) is 0 Å². The Balaban J connectivity index is 1.98. The number of aromatic nitrogens is 2. The maximum atomic E-state index is 12.8. The van der Waals surface area contributed by atoms with E-state index in [-0.39, 0.29) is 11.2 Å². The molecule has 0 radical (unpaired) electrons. The molecule has 0 atom stereocenters. The lowest BCUT2D eigenvalue weighted by Gasteiger charge is -2.11. The van der Waals surface area contributed by atoms with Gasteiger partial charge in [0.15, 0.2) is 5.16 Å². The van der Waals surface area contributed by atoms with Crippen molar-refractivity contribution in [2.24, 2.45) is 0 Å². The fourth-order valence-electron chi connectivity index (χ4n) is 2.48. The number of benzene rings is 2. The Bertz CT molecular complexity index is 1070. The molecular weight excluding hydrogens is 374 g/mol. The van der Waals surface area contributed by atoms with Crippen molar-refractivity contribution >= 4 is 40.0 Å². The van der Waals surface area contributed by atoms with Gasteiger partial charge in [-0.1, -0.05) is 41.6 Å². The maximum Gasteiger partial charge on any atom is 0.269 e. The van der Waals surface area contributed by atoms with Gasteiger partial charge in [-0.2, -0.15) is 0 Å². The molecule has 1 heterocycles. The summed E-state index contributed by atoms with van der Waals surface area (Å²) in [6.45, 7) is 4.00. The first-order valence-corrected chi connectivity index (χ1v) is 9.03. The van der Waals surface area contributed by atoms with E-state index in [2.05, 4.69) is 11.6 Å². The molecular formula is C18H14ClN3O3S. The number of halogens is 1. The highest BCUT2D eigenvalue weighted by Gasteiger charge is 2.12. The zero-order valence-corrected chi connectivity index (χ0v) is 15.2. The largest absolute Gasteiger partial charge is 0.283 e. The summed E-state index contributed by atoms with van der Waals surface area (Å²) >= 11 is 7.33. The second-order valence-corrected chi connectivity index (χ2v) is 6.85. The van der Waals surface area contributed by atoms with Gasteiger partial charge < -0.3 is 0 Å². The molecule has 26 heavy (non-hydrogen) atoms. The molecule has 0 fully saturated rings. The van der Waals surface area contributed by atoms with Crippen LogP contribution in [0.3, 0.4) is 0 Å². The molecule has 0 amide bonds. The van der Waals surface area contributed by atoms with Crippen molar-refractivity contribution in [1.82, 2.24) is 9.55 Å². The highest BCUT2D eigenvalue weighted by atomic mass is 35.5. The molecule has 1 aromatic heterocycles. The molecule has 6 nitrogen and oxygen atoms in total. The van der Waals surface area contributed by atoms with Gasteiger partial charge in [-0.3, -0.25) is 19.5 Å². The summed E-state index contributed by atoms with van der Waals surface area (Å²) in [6.07, 6.45) is 1.62. The van der Waals surface area contributed by atoms with Gasteiger partial charge >= 0.3 is 0 Å². The number of fused-ring (bicyclic) bond motifs is 1. The van der Waals surface area contributed by atoms with E-state index in [0.717, 1.165) is 5.56 Å². The second-order valence-electron chi connectivity index (χ2n) is 5.48. The summed E-state index contributed by atoms with van der Waals surface area (Å²) in [6, 6.07) is 11.4. The molecule has 2 aromatic carbocycles. The Labute approximate surface area is 158 Å². The van der Waals surface area contributed by atoms with Crippen LogP contribution in [0.15, 0.2) is 65.1 Å². The molecule has 0 aliphatic carbocycles. The molecule has 0 bridgehead atoms. The number of non-ortho nitro benzene ring substituents is 1. The van der Waals surface area contributed by atoms with Crippen LogP contribution in [0.2, 0.25) is 5.02 Å². The first-order valence-electron chi connectivity index (χ1n) is 7.66. The van der Waals surface area contributed by atoms with Crippen molar-refractivity contribution in [2.75, 3.05) is 0 Å². The average molecular weight is 388 g/mol. The summed E-state index contributed by atoms with van der Waals surface area (Å²) < 4.78 is 1.52. The van der Waals surface area contributed by atoms with E-state index < -0.39 is 4.92 Å². The predicted molar refractivity (Wildman–Crippen MR) is 104 cm³/mol. The van der Waals surface area contributed by atoms with E-state index in [4.69, 9.17) is 11.6 Å². The van der Waals surface area contributed by atoms with E-state index in [9.17, 15) is 14.9 Å². The van der Waals surface area contributed by atoms with Crippen LogP contribution in [0.4, 0.5) is 5.69 Å². The van der Waals surface area contributed by atoms with Gasteiger partial charge in [-0.15, -0.1) is 6.58 Å². The van der Waals surface area contributed by atoms with Crippen LogP contribution in [0.5, 0.6) is 0 Å². The number of hydrogen-bond acceptors (Lipinski definition) is 5. The first-order chi connectivity index (χ1) is 12.5. The summed E-state index contributed by atoms with van der Waals surface area (Å²) in [7, 11) is 0. The monoisotopic (exact) mass is 387 g/mol. The fraction of sp³-hybridized carbons (Fsp3) is 0.111. The van der Waals surface area contributed by atoms with E-state index in [0.29, 0.717) is 33.4 Å². The standard InChI is InChI=1S/C18H14ClN3O3S/c1-2-8-21-17(23)15-10-13(19)6-7-16(15)20-18(21)26-11-12-4-3-5-14(9-12)22(24)25/h2-7,9-10H,1,8,11H2. The molecule has 0 saturated carbocycles. The van der Waals surface area contributed by atoms with E-state index in [1.807, 2.05) is 0 Å². The van der Waals surface area contributed by atoms with Gasteiger partial charge in [0.25, 0.3) is 11.2 Å². The lowest BCUT2D eigenvalue weighted by atomic mass is 10.2. The number of allylic oxidation sites excluding steroid dienone is 1. The van der Waals surface area contributed by atoms with Crippen molar-refractivity contribution < 1.29 is 4.92 Å². The molecule has 0 aliphatic heterocycles. The topological polar surface area (TPSA) is 78.0 Å². The third-order valence-corrected chi connectivity index (χ3v) is 4.96. The van der Waals surface area contributed by atoms with Gasteiger partial charge in [0, 0.05) is 29.5 Å². The number of thioether (sulfide) groups is 1. The molecule has 132 valence electrons. The van der Waals surface area contributed by atoms with Crippen LogP contribution in [0, 0.1) is 10.1 Å². The smallest absolute Gasteiger partial charge is 0.269 e. The third kappa shape index (κ3) is 3.79. The summed E-state index contributed by atoms with van der Waals surface area (Å²) in [5.74, 6) is 0.449.